The number of hydrogen-bond acceptors (Lipinski definition) is 7. The lowest BCUT2D eigenvalue weighted by molar-refractivity contribution is -0.142. The summed E-state index contributed by atoms with van der Waals surface area (Å²) in [6, 6.07) is 10.6. The monoisotopic (exact) mass is 525 g/mol. The van der Waals surface area contributed by atoms with Gasteiger partial charge in [0.2, 0.25) is 5.69 Å². The number of carbonyl (C=O) groups is 1. The molecule has 1 aromatic carbocycles. The lowest BCUT2D eigenvalue weighted by Gasteiger charge is -2.17. The number of fused-ring (bicyclic) bond motifs is 1. The van der Waals surface area contributed by atoms with E-state index >= 15 is 0 Å². The quantitative estimate of drug-likeness (QED) is 0.378. The third-order valence-corrected chi connectivity index (χ3v) is 6.40. The van der Waals surface area contributed by atoms with Crippen LogP contribution in [0, 0.1) is 5.92 Å². The van der Waals surface area contributed by atoms with E-state index in [1.807, 2.05) is 6.07 Å². The summed E-state index contributed by atoms with van der Waals surface area (Å²) in [5, 5.41) is 7.73. The summed E-state index contributed by atoms with van der Waals surface area (Å²) < 4.78 is 47.1. The number of hydrogen-bond donors (Lipinski definition) is 2. The van der Waals surface area contributed by atoms with E-state index in [-0.39, 0.29) is 13.1 Å². The summed E-state index contributed by atoms with van der Waals surface area (Å²) in [5.74, 6) is 1.05. The molecule has 0 unspecified atom stereocenters. The molecule has 0 aliphatic carbocycles. The predicted octanol–water partition coefficient (Wildman–Crippen LogP) is 4.61. The van der Waals surface area contributed by atoms with E-state index in [1.54, 1.807) is 42.7 Å². The highest BCUT2D eigenvalue weighted by molar-refractivity contribution is 5.91. The Morgan fingerprint density at radius 1 is 1.16 bits per heavy atom. The van der Waals surface area contributed by atoms with Crippen molar-refractivity contribution in [1.82, 2.24) is 25.1 Å². The smallest absolute Gasteiger partial charge is 0.406 e. The molecule has 4 aromatic rings. The Bertz CT molecular complexity index is 1470. The Morgan fingerprint density at radius 2 is 1.97 bits per heavy atom. The third kappa shape index (κ3) is 5.63. The maximum absolute atomic E-state index is 13.7. The Kier molecular flexibility index (Phi) is 6.79. The van der Waals surface area contributed by atoms with Crippen LogP contribution in [0.3, 0.4) is 0 Å². The number of nitrogens with zero attached hydrogens (tertiary/aromatic N) is 5. The van der Waals surface area contributed by atoms with Gasteiger partial charge < -0.3 is 20.7 Å². The van der Waals surface area contributed by atoms with Crippen molar-refractivity contribution in [2.45, 2.75) is 32.6 Å². The van der Waals surface area contributed by atoms with Crippen LogP contribution in [0.5, 0.6) is 5.75 Å². The van der Waals surface area contributed by atoms with Crippen LogP contribution in [0.2, 0.25) is 0 Å². The average molecular weight is 526 g/mol. The number of halogens is 3. The third-order valence-electron chi connectivity index (χ3n) is 6.40. The van der Waals surface area contributed by atoms with Crippen molar-refractivity contribution in [2.75, 3.05) is 23.7 Å². The van der Waals surface area contributed by atoms with Crippen LogP contribution in [-0.4, -0.2) is 38.9 Å². The van der Waals surface area contributed by atoms with Crippen LogP contribution in [0.1, 0.15) is 30.2 Å². The van der Waals surface area contributed by atoms with Gasteiger partial charge in [-0.1, -0.05) is 19.1 Å². The van der Waals surface area contributed by atoms with E-state index in [0.29, 0.717) is 17.3 Å². The molecule has 4 heterocycles. The maximum Gasteiger partial charge on any atom is 0.438 e. The highest BCUT2D eigenvalue weighted by Crippen LogP contribution is 2.35. The van der Waals surface area contributed by atoms with Gasteiger partial charge in [-0.2, -0.15) is 18.3 Å². The Balaban J connectivity index is 1.27. The van der Waals surface area contributed by atoms with Crippen molar-refractivity contribution in [3.05, 3.63) is 71.8 Å². The number of benzene rings is 1. The van der Waals surface area contributed by atoms with Crippen LogP contribution >= 0.6 is 0 Å². The number of rotatable bonds is 6. The van der Waals surface area contributed by atoms with Gasteiger partial charge in [0, 0.05) is 37.4 Å². The second-order valence-electron chi connectivity index (χ2n) is 9.39. The summed E-state index contributed by atoms with van der Waals surface area (Å²) in [6.45, 7) is 4.03. The van der Waals surface area contributed by atoms with Crippen molar-refractivity contribution in [2.24, 2.45) is 5.92 Å². The molecule has 9 nitrogen and oxygen atoms in total. The molecule has 1 fully saturated rings. The second kappa shape index (κ2) is 10.2. The number of aromatic nitrogens is 4. The van der Waals surface area contributed by atoms with E-state index in [1.165, 1.54) is 0 Å². The SMILES string of the molecule is C[C@H]1CCN(c2cc(Cn3cc(OC(=O)NCc4ccc5c(N)nccc5c4)c(C(F)(F)F)n3)ccn2)C1. The minimum Gasteiger partial charge on any atom is -0.406 e. The first-order valence-electron chi connectivity index (χ1n) is 12.1. The summed E-state index contributed by atoms with van der Waals surface area (Å²) >= 11 is 0. The molecule has 1 saturated heterocycles. The molecule has 1 aliphatic heterocycles. The predicted molar refractivity (Wildman–Crippen MR) is 136 cm³/mol. The number of alkyl halides is 3. The van der Waals surface area contributed by atoms with Crippen LogP contribution in [-0.2, 0) is 19.3 Å². The van der Waals surface area contributed by atoms with Crippen molar-refractivity contribution in [1.29, 1.82) is 0 Å². The van der Waals surface area contributed by atoms with E-state index in [2.05, 4.69) is 32.2 Å². The molecular formula is C26H26F3N7O2. The number of ether oxygens (including phenoxy) is 1. The van der Waals surface area contributed by atoms with Gasteiger partial charge >= 0.3 is 12.3 Å². The molecule has 1 aliphatic rings. The zero-order chi connectivity index (χ0) is 26.9. The molecule has 0 spiro atoms. The molecular weight excluding hydrogens is 499 g/mol. The minimum atomic E-state index is -4.80. The van der Waals surface area contributed by atoms with E-state index in [4.69, 9.17) is 10.5 Å². The van der Waals surface area contributed by atoms with Gasteiger partial charge in [0.15, 0.2) is 5.75 Å². The molecule has 3 aromatic heterocycles. The van der Waals surface area contributed by atoms with Gasteiger partial charge in [0.25, 0.3) is 0 Å². The van der Waals surface area contributed by atoms with Gasteiger partial charge in [-0.25, -0.2) is 14.8 Å². The number of carbonyl (C=O) groups excluding carboxylic acids is 1. The molecule has 5 rings (SSSR count). The van der Waals surface area contributed by atoms with Crippen LogP contribution < -0.4 is 20.7 Å². The molecule has 1 amide bonds. The Labute approximate surface area is 216 Å². The van der Waals surface area contributed by atoms with E-state index < -0.39 is 23.7 Å². The topological polar surface area (TPSA) is 111 Å². The lowest BCUT2D eigenvalue weighted by Crippen LogP contribution is -2.27. The fourth-order valence-electron chi connectivity index (χ4n) is 4.49. The standard InChI is InChI=1S/C26H26F3N7O2/c1-16-6-9-35(13-16)22-11-18(4-7-31-22)14-36-15-21(23(34-36)26(27,28)29)38-25(37)33-12-17-2-3-20-19(10-17)5-8-32-24(20)30/h2-5,7-8,10-11,15-16H,6,9,12-14H2,1H3,(H2,30,32)(H,33,37)/t16-/m0/s1. The molecule has 0 radical (unpaired) electrons. The van der Waals surface area contributed by atoms with Gasteiger partial charge in [0.1, 0.15) is 11.6 Å². The van der Waals surface area contributed by atoms with Crippen LogP contribution in [0.15, 0.2) is 55.0 Å². The summed E-state index contributed by atoms with van der Waals surface area (Å²) in [7, 11) is 0. The molecule has 198 valence electrons. The zero-order valence-electron chi connectivity index (χ0n) is 20.6. The largest absolute Gasteiger partial charge is 0.438 e. The number of nitrogen functional groups attached to an aromatic ring is 1. The molecule has 1 atom stereocenters. The minimum absolute atomic E-state index is 0.0431. The van der Waals surface area contributed by atoms with Gasteiger partial charge in [-0.05, 0) is 53.1 Å². The fourth-order valence-corrected chi connectivity index (χ4v) is 4.49. The zero-order valence-corrected chi connectivity index (χ0v) is 20.6. The summed E-state index contributed by atoms with van der Waals surface area (Å²) in [5.41, 5.74) is 6.02. The number of nitrogens with one attached hydrogen (secondary N) is 1. The van der Waals surface area contributed by atoms with E-state index in [0.717, 1.165) is 52.5 Å². The van der Waals surface area contributed by atoms with Crippen molar-refractivity contribution >= 4 is 28.5 Å². The Morgan fingerprint density at radius 3 is 2.74 bits per heavy atom. The van der Waals surface area contributed by atoms with Gasteiger partial charge in [0.05, 0.1) is 12.7 Å². The summed E-state index contributed by atoms with van der Waals surface area (Å²) in [4.78, 5) is 23.0. The first-order chi connectivity index (χ1) is 18.2. The summed E-state index contributed by atoms with van der Waals surface area (Å²) in [6.07, 6.45) is -0.494. The number of anilines is 2. The van der Waals surface area contributed by atoms with Crippen LogP contribution in [0.25, 0.3) is 10.8 Å². The average Bonchev–Trinajstić information content (AvgIpc) is 3.49. The second-order valence-corrected chi connectivity index (χ2v) is 9.39. The first kappa shape index (κ1) is 25.3. The van der Waals surface area contributed by atoms with Crippen LogP contribution in [0.4, 0.5) is 29.6 Å². The number of amides is 1. The lowest BCUT2D eigenvalue weighted by atomic mass is 10.1. The van der Waals surface area contributed by atoms with Gasteiger partial charge in [-0.15, -0.1) is 0 Å². The van der Waals surface area contributed by atoms with E-state index in [9.17, 15) is 18.0 Å². The van der Waals surface area contributed by atoms with Crippen molar-refractivity contribution in [3.63, 3.8) is 0 Å². The first-order valence-corrected chi connectivity index (χ1v) is 12.1. The maximum atomic E-state index is 13.7. The molecule has 12 heteroatoms. The highest BCUT2D eigenvalue weighted by atomic mass is 19.4. The molecule has 3 N–H and O–H groups in total. The van der Waals surface area contributed by atoms with Crippen molar-refractivity contribution in [3.8, 4) is 5.75 Å². The molecule has 0 saturated carbocycles. The molecule has 38 heavy (non-hydrogen) atoms. The normalized spacial score (nSPS) is 15.7. The number of nitrogens with two attached hydrogens (primary N) is 1. The number of pyridine rings is 2. The highest BCUT2D eigenvalue weighted by Gasteiger charge is 2.39. The fraction of sp³-hybridized carbons (Fsp3) is 0.308. The van der Waals surface area contributed by atoms with Gasteiger partial charge in [-0.3, -0.25) is 4.68 Å². The van der Waals surface area contributed by atoms with Crippen molar-refractivity contribution < 1.29 is 22.7 Å². The molecule has 0 bridgehead atoms. The Hall–Kier alpha value is -4.35.